The zero-order chi connectivity index (χ0) is 21.6. The van der Waals surface area contributed by atoms with Crippen molar-refractivity contribution in [1.82, 2.24) is 0 Å². The lowest BCUT2D eigenvalue weighted by Gasteiger charge is -2.34. The number of halogens is 4. The molecule has 10 heteroatoms. The van der Waals surface area contributed by atoms with E-state index in [-0.39, 0.29) is 26.7 Å². The van der Waals surface area contributed by atoms with Gasteiger partial charge in [-0.1, -0.05) is 64.6 Å². The molecule has 0 heterocycles. The van der Waals surface area contributed by atoms with Crippen LogP contribution in [0.25, 0.3) is 0 Å². The van der Waals surface area contributed by atoms with Crippen molar-refractivity contribution in [3.05, 3.63) is 91.4 Å². The molecular formula is C19H12Cl4O5S. The summed E-state index contributed by atoms with van der Waals surface area (Å²) in [6.45, 7) is 0. The van der Waals surface area contributed by atoms with Crippen LogP contribution in [0.1, 0.15) is 16.7 Å². The van der Waals surface area contributed by atoms with Crippen LogP contribution in [0.3, 0.4) is 0 Å². The minimum Gasteiger partial charge on any atom is -0.504 e. The zero-order valence-corrected chi connectivity index (χ0v) is 18.1. The van der Waals surface area contributed by atoms with Crippen LogP contribution in [0, 0.1) is 0 Å². The number of rotatable bonds is 4. The molecule has 5 nitrogen and oxygen atoms in total. The molecule has 1 unspecified atom stereocenters. The van der Waals surface area contributed by atoms with Crippen LogP contribution in [0.2, 0.25) is 20.1 Å². The standard InChI is InChI=1S/C19H12Cl4O5S/c20-11-3-1-10(2-4-11)19(29(26,27)28,14-9-12(21)5-7-15(14)22)13-6-8-16(24)18(25)17(13)23/h1-9,24-25H,(H,26,27,28). The largest absolute Gasteiger partial charge is 0.504 e. The first-order chi connectivity index (χ1) is 13.5. The fourth-order valence-electron chi connectivity index (χ4n) is 3.16. The Morgan fingerprint density at radius 1 is 0.759 bits per heavy atom. The number of benzene rings is 3. The van der Waals surface area contributed by atoms with Gasteiger partial charge in [-0.2, -0.15) is 8.42 Å². The van der Waals surface area contributed by atoms with Crippen LogP contribution in [0.15, 0.2) is 54.6 Å². The Hall–Kier alpha value is -1.67. The molecular weight excluding hydrogens is 482 g/mol. The molecule has 3 aromatic carbocycles. The van der Waals surface area contributed by atoms with Crippen molar-refractivity contribution in [3.8, 4) is 11.5 Å². The number of hydrogen-bond donors (Lipinski definition) is 3. The van der Waals surface area contributed by atoms with E-state index >= 15 is 0 Å². The summed E-state index contributed by atoms with van der Waals surface area (Å²) >= 11 is 24.6. The smallest absolute Gasteiger partial charge is 0.283 e. The van der Waals surface area contributed by atoms with Gasteiger partial charge in [0.2, 0.25) is 0 Å². The van der Waals surface area contributed by atoms with Crippen molar-refractivity contribution in [3.63, 3.8) is 0 Å². The van der Waals surface area contributed by atoms with Crippen LogP contribution in [-0.2, 0) is 14.9 Å². The number of aromatic hydroxyl groups is 2. The predicted octanol–water partition coefficient (Wildman–Crippen LogP) is 5.89. The van der Waals surface area contributed by atoms with Gasteiger partial charge in [0.05, 0.1) is 5.02 Å². The molecule has 0 radical (unpaired) electrons. The van der Waals surface area contributed by atoms with Gasteiger partial charge in [-0.3, -0.25) is 4.55 Å². The fraction of sp³-hybridized carbons (Fsp3) is 0.0526. The maximum absolute atomic E-state index is 13.0. The molecule has 0 saturated carbocycles. The van der Waals surface area contributed by atoms with Gasteiger partial charge in [0.1, 0.15) is 0 Å². The number of phenols is 2. The summed E-state index contributed by atoms with van der Waals surface area (Å²) in [5, 5.41) is 19.8. The summed E-state index contributed by atoms with van der Waals surface area (Å²) in [6.07, 6.45) is 0. The van der Waals surface area contributed by atoms with Crippen LogP contribution in [-0.4, -0.2) is 23.2 Å². The molecule has 152 valence electrons. The second-order valence-corrected chi connectivity index (χ2v) is 9.30. The maximum Gasteiger partial charge on any atom is 0.283 e. The second-order valence-electron chi connectivity index (χ2n) is 6.08. The molecule has 0 saturated heterocycles. The third-order valence-electron chi connectivity index (χ3n) is 4.42. The van der Waals surface area contributed by atoms with E-state index in [0.717, 1.165) is 12.1 Å². The van der Waals surface area contributed by atoms with Gasteiger partial charge in [-0.15, -0.1) is 0 Å². The van der Waals surface area contributed by atoms with Crippen LogP contribution in [0.5, 0.6) is 11.5 Å². The quantitative estimate of drug-likeness (QED) is 0.239. The molecule has 3 aromatic rings. The van der Waals surface area contributed by atoms with Gasteiger partial charge >= 0.3 is 0 Å². The Balaban J connectivity index is 2.61. The van der Waals surface area contributed by atoms with E-state index in [1.807, 2.05) is 0 Å². The molecule has 0 spiro atoms. The minimum atomic E-state index is -5.05. The molecule has 0 aliphatic rings. The van der Waals surface area contributed by atoms with E-state index < -0.39 is 31.4 Å². The molecule has 0 aliphatic heterocycles. The first-order valence-corrected chi connectivity index (χ1v) is 10.8. The van der Waals surface area contributed by atoms with Crippen molar-refractivity contribution in [2.45, 2.75) is 4.75 Å². The topological polar surface area (TPSA) is 94.8 Å². The molecule has 0 aliphatic carbocycles. The van der Waals surface area contributed by atoms with Gasteiger partial charge in [0.25, 0.3) is 10.1 Å². The average molecular weight is 494 g/mol. The molecule has 3 N–H and O–H groups in total. The number of hydrogen-bond acceptors (Lipinski definition) is 4. The van der Waals surface area contributed by atoms with Crippen molar-refractivity contribution >= 4 is 56.5 Å². The highest BCUT2D eigenvalue weighted by molar-refractivity contribution is 7.87. The van der Waals surface area contributed by atoms with Crippen molar-refractivity contribution in [1.29, 1.82) is 0 Å². The van der Waals surface area contributed by atoms with Gasteiger partial charge in [0.15, 0.2) is 16.2 Å². The van der Waals surface area contributed by atoms with E-state index in [1.54, 1.807) is 0 Å². The Kier molecular flexibility index (Phi) is 5.98. The van der Waals surface area contributed by atoms with E-state index in [0.29, 0.717) is 5.02 Å². The van der Waals surface area contributed by atoms with E-state index in [9.17, 15) is 23.2 Å². The first kappa shape index (κ1) is 22.0. The Morgan fingerprint density at radius 2 is 1.34 bits per heavy atom. The summed E-state index contributed by atoms with van der Waals surface area (Å²) in [5.74, 6) is -1.33. The molecule has 3 rings (SSSR count). The highest BCUT2D eigenvalue weighted by atomic mass is 35.5. The summed E-state index contributed by atoms with van der Waals surface area (Å²) in [7, 11) is -5.05. The van der Waals surface area contributed by atoms with E-state index in [4.69, 9.17) is 46.4 Å². The van der Waals surface area contributed by atoms with Gasteiger partial charge < -0.3 is 10.2 Å². The maximum atomic E-state index is 13.0. The lowest BCUT2D eigenvalue weighted by molar-refractivity contribution is 0.402. The van der Waals surface area contributed by atoms with Crippen molar-refractivity contribution in [2.24, 2.45) is 0 Å². The fourth-order valence-corrected chi connectivity index (χ4v) is 5.46. The minimum absolute atomic E-state index is 0.0283. The Morgan fingerprint density at radius 3 is 1.93 bits per heavy atom. The summed E-state index contributed by atoms with van der Waals surface area (Å²) in [6, 6.07) is 11.9. The molecule has 29 heavy (non-hydrogen) atoms. The van der Waals surface area contributed by atoms with Gasteiger partial charge in [0, 0.05) is 26.2 Å². The lowest BCUT2D eigenvalue weighted by Crippen LogP contribution is -2.38. The van der Waals surface area contributed by atoms with E-state index in [2.05, 4.69) is 0 Å². The van der Waals surface area contributed by atoms with Crippen LogP contribution in [0.4, 0.5) is 0 Å². The predicted molar refractivity (Wildman–Crippen MR) is 114 cm³/mol. The first-order valence-electron chi connectivity index (χ1n) is 7.89. The van der Waals surface area contributed by atoms with Crippen LogP contribution >= 0.6 is 46.4 Å². The van der Waals surface area contributed by atoms with Crippen molar-refractivity contribution in [2.75, 3.05) is 0 Å². The lowest BCUT2D eigenvalue weighted by atomic mass is 9.83. The third kappa shape index (κ3) is 3.65. The molecule has 0 amide bonds. The molecule has 0 bridgehead atoms. The second kappa shape index (κ2) is 7.87. The monoisotopic (exact) mass is 492 g/mol. The van der Waals surface area contributed by atoms with Gasteiger partial charge in [-0.25, -0.2) is 0 Å². The Labute approximate surface area is 186 Å². The molecule has 0 aromatic heterocycles. The SMILES string of the molecule is O=S(=O)(O)C(c1ccc(Cl)cc1)(c1cc(Cl)ccc1Cl)c1ccc(O)c(O)c1Cl. The van der Waals surface area contributed by atoms with E-state index in [1.165, 1.54) is 42.5 Å². The van der Waals surface area contributed by atoms with Gasteiger partial charge in [-0.05, 0) is 42.0 Å². The third-order valence-corrected chi connectivity index (χ3v) is 7.07. The zero-order valence-electron chi connectivity index (χ0n) is 14.3. The summed E-state index contributed by atoms with van der Waals surface area (Å²) < 4.78 is 34.0. The normalized spacial score (nSPS) is 13.8. The van der Waals surface area contributed by atoms with Crippen molar-refractivity contribution < 1.29 is 23.2 Å². The summed E-state index contributed by atoms with van der Waals surface area (Å²) in [4.78, 5) is 0. The number of phenolic OH excluding ortho intramolecular Hbond substituents is 2. The average Bonchev–Trinajstić information content (AvgIpc) is 2.65. The van der Waals surface area contributed by atoms with Crippen LogP contribution < -0.4 is 0 Å². The Bertz CT molecular complexity index is 1200. The highest BCUT2D eigenvalue weighted by Crippen LogP contribution is 2.51. The molecule has 0 fully saturated rings. The summed E-state index contributed by atoms with van der Waals surface area (Å²) in [5.41, 5.74) is -0.326. The highest BCUT2D eigenvalue weighted by Gasteiger charge is 2.51. The molecule has 1 atom stereocenters.